The number of hydrogen-bond donors (Lipinski definition) is 4. The van der Waals surface area contributed by atoms with Crippen LogP contribution >= 0.6 is 0 Å². The number of hydrogen-bond acceptors (Lipinski definition) is 2. The van der Waals surface area contributed by atoms with Crippen molar-refractivity contribution in [3.05, 3.63) is 70.9 Å². The third-order valence-corrected chi connectivity index (χ3v) is 5.50. The molecule has 1 atom stereocenters. The van der Waals surface area contributed by atoms with Gasteiger partial charge in [0.1, 0.15) is 0 Å². The fourth-order valence-electron chi connectivity index (χ4n) is 3.41. The van der Waals surface area contributed by atoms with Gasteiger partial charge in [-0.25, -0.2) is 0 Å². The maximum atomic E-state index is 12.2. The van der Waals surface area contributed by atoms with E-state index in [1.54, 1.807) is 7.05 Å². The maximum absolute atomic E-state index is 12.2. The highest BCUT2D eigenvalue weighted by atomic mass is 16.1. The van der Waals surface area contributed by atoms with E-state index >= 15 is 0 Å². The van der Waals surface area contributed by atoms with E-state index in [-0.39, 0.29) is 11.9 Å². The second kappa shape index (κ2) is 10.7. The molecule has 0 saturated heterocycles. The van der Waals surface area contributed by atoms with Crippen molar-refractivity contribution in [3.8, 4) is 0 Å². The van der Waals surface area contributed by atoms with Crippen molar-refractivity contribution in [2.75, 3.05) is 13.6 Å². The molecule has 1 aromatic heterocycles. The van der Waals surface area contributed by atoms with Crippen LogP contribution in [0.2, 0.25) is 0 Å². The van der Waals surface area contributed by atoms with E-state index in [0.29, 0.717) is 12.1 Å². The van der Waals surface area contributed by atoms with Crippen LogP contribution < -0.4 is 16.0 Å². The maximum Gasteiger partial charge on any atom is 0.251 e. The molecule has 0 fully saturated rings. The highest BCUT2D eigenvalue weighted by Gasteiger charge is 2.08. The van der Waals surface area contributed by atoms with Crippen molar-refractivity contribution in [2.24, 2.45) is 4.99 Å². The average molecular weight is 420 g/mol. The van der Waals surface area contributed by atoms with Crippen LogP contribution in [0.25, 0.3) is 10.9 Å². The Hall–Kier alpha value is -3.28. The van der Waals surface area contributed by atoms with Crippen LogP contribution in [0.1, 0.15) is 47.3 Å². The Morgan fingerprint density at radius 3 is 2.61 bits per heavy atom. The minimum absolute atomic E-state index is 0.0289. The molecule has 1 unspecified atom stereocenters. The summed E-state index contributed by atoms with van der Waals surface area (Å²) in [4.78, 5) is 19.9. The van der Waals surface area contributed by atoms with Crippen LogP contribution in [0.5, 0.6) is 0 Å². The summed E-state index contributed by atoms with van der Waals surface area (Å²) < 4.78 is 0. The SMILES string of the molecule is CCC(C)NC(=O)c1ccc(CNC(=NC)NCCc2c[nH]c3cc(C)ccc23)cc1. The third kappa shape index (κ3) is 6.10. The number of benzene rings is 2. The first-order chi connectivity index (χ1) is 15.0. The molecular weight excluding hydrogens is 386 g/mol. The monoisotopic (exact) mass is 419 g/mol. The summed E-state index contributed by atoms with van der Waals surface area (Å²) in [6.45, 7) is 7.59. The minimum Gasteiger partial charge on any atom is -0.361 e. The van der Waals surface area contributed by atoms with Gasteiger partial charge in [0.25, 0.3) is 5.91 Å². The van der Waals surface area contributed by atoms with Crippen molar-refractivity contribution in [3.63, 3.8) is 0 Å². The molecule has 0 aliphatic heterocycles. The molecule has 0 aliphatic carbocycles. The van der Waals surface area contributed by atoms with Crippen LogP contribution in [0, 0.1) is 6.92 Å². The van der Waals surface area contributed by atoms with Gasteiger partial charge in [-0.15, -0.1) is 0 Å². The zero-order chi connectivity index (χ0) is 22.2. The summed E-state index contributed by atoms with van der Waals surface area (Å²) in [6.07, 6.45) is 3.91. The summed E-state index contributed by atoms with van der Waals surface area (Å²) >= 11 is 0. The molecule has 31 heavy (non-hydrogen) atoms. The van der Waals surface area contributed by atoms with Gasteiger partial charge >= 0.3 is 0 Å². The molecule has 3 rings (SSSR count). The predicted octanol–water partition coefficient (Wildman–Crippen LogP) is 3.91. The first-order valence-corrected chi connectivity index (χ1v) is 10.9. The Kier molecular flexibility index (Phi) is 7.70. The molecule has 0 radical (unpaired) electrons. The first kappa shape index (κ1) is 22.4. The summed E-state index contributed by atoms with van der Waals surface area (Å²) in [5.41, 5.74) is 5.51. The lowest BCUT2D eigenvalue weighted by atomic mass is 10.1. The van der Waals surface area contributed by atoms with Gasteiger partial charge in [0.15, 0.2) is 5.96 Å². The van der Waals surface area contributed by atoms with Crippen molar-refractivity contribution in [1.82, 2.24) is 20.9 Å². The van der Waals surface area contributed by atoms with Gasteiger partial charge < -0.3 is 20.9 Å². The quantitative estimate of drug-likeness (QED) is 0.330. The molecule has 164 valence electrons. The van der Waals surface area contributed by atoms with Crippen LogP contribution in [0.3, 0.4) is 0 Å². The van der Waals surface area contributed by atoms with Gasteiger partial charge in [0.05, 0.1) is 0 Å². The van der Waals surface area contributed by atoms with Crippen LogP contribution in [0.15, 0.2) is 53.7 Å². The molecule has 3 aromatic rings. The molecule has 4 N–H and O–H groups in total. The molecule has 2 aromatic carbocycles. The number of aromatic nitrogens is 1. The zero-order valence-electron chi connectivity index (χ0n) is 18.9. The molecule has 0 saturated carbocycles. The Balaban J connectivity index is 1.47. The standard InChI is InChI=1S/C25H33N5O/c1-5-18(3)30-24(31)20-9-7-19(8-10-20)15-29-25(26-4)27-13-12-21-16-28-23-14-17(2)6-11-22(21)23/h6-11,14,16,18,28H,5,12-13,15H2,1-4H3,(H,30,31)(H2,26,27,29). The number of aromatic amines is 1. The van der Waals surface area contributed by atoms with Crippen molar-refractivity contribution < 1.29 is 4.79 Å². The van der Waals surface area contributed by atoms with E-state index in [4.69, 9.17) is 0 Å². The Labute approximate surface area is 184 Å². The Morgan fingerprint density at radius 2 is 1.90 bits per heavy atom. The van der Waals surface area contributed by atoms with Gasteiger partial charge in [-0.1, -0.05) is 31.2 Å². The lowest BCUT2D eigenvalue weighted by Gasteiger charge is -2.13. The Morgan fingerprint density at radius 1 is 1.13 bits per heavy atom. The van der Waals surface area contributed by atoms with E-state index in [1.165, 1.54) is 22.0 Å². The average Bonchev–Trinajstić information content (AvgIpc) is 3.18. The second-order valence-electron chi connectivity index (χ2n) is 7.95. The van der Waals surface area contributed by atoms with Gasteiger partial charge in [0.2, 0.25) is 0 Å². The lowest BCUT2D eigenvalue weighted by Crippen LogP contribution is -2.37. The van der Waals surface area contributed by atoms with Crippen molar-refractivity contribution in [1.29, 1.82) is 0 Å². The fraction of sp³-hybridized carbons (Fsp3) is 0.360. The highest BCUT2D eigenvalue weighted by Crippen LogP contribution is 2.19. The number of guanidine groups is 1. The number of H-pyrrole nitrogens is 1. The molecule has 0 spiro atoms. The van der Waals surface area contributed by atoms with E-state index in [1.807, 2.05) is 31.2 Å². The normalized spacial score (nSPS) is 12.6. The zero-order valence-corrected chi connectivity index (χ0v) is 18.9. The third-order valence-electron chi connectivity index (χ3n) is 5.50. The van der Waals surface area contributed by atoms with Crippen LogP contribution in [-0.4, -0.2) is 36.5 Å². The molecule has 6 nitrogen and oxygen atoms in total. The highest BCUT2D eigenvalue weighted by molar-refractivity contribution is 5.94. The second-order valence-corrected chi connectivity index (χ2v) is 7.95. The van der Waals surface area contributed by atoms with Crippen LogP contribution in [-0.2, 0) is 13.0 Å². The number of aryl methyl sites for hydroxylation is 1. The molecule has 1 heterocycles. The number of aliphatic imine (C=N–C) groups is 1. The summed E-state index contributed by atoms with van der Waals surface area (Å²) in [6, 6.07) is 14.3. The van der Waals surface area contributed by atoms with Gasteiger partial charge in [-0.2, -0.15) is 0 Å². The topological polar surface area (TPSA) is 81.3 Å². The van der Waals surface area contributed by atoms with Crippen molar-refractivity contribution >= 4 is 22.8 Å². The molecular formula is C25H33N5O. The largest absolute Gasteiger partial charge is 0.361 e. The number of amides is 1. The molecule has 0 bridgehead atoms. The fourth-order valence-corrected chi connectivity index (χ4v) is 3.41. The predicted molar refractivity (Wildman–Crippen MR) is 129 cm³/mol. The smallest absolute Gasteiger partial charge is 0.251 e. The molecule has 1 amide bonds. The number of fused-ring (bicyclic) bond motifs is 1. The number of rotatable bonds is 8. The Bertz CT molecular complexity index is 1040. The van der Waals surface area contributed by atoms with Crippen molar-refractivity contribution in [2.45, 2.75) is 46.2 Å². The van der Waals surface area contributed by atoms with E-state index in [0.717, 1.165) is 30.9 Å². The number of carbonyl (C=O) groups is 1. The number of nitrogens with one attached hydrogen (secondary N) is 4. The summed E-state index contributed by atoms with van der Waals surface area (Å²) in [5.74, 6) is 0.730. The molecule has 0 aliphatic rings. The first-order valence-electron chi connectivity index (χ1n) is 10.9. The molecule has 6 heteroatoms. The van der Waals surface area contributed by atoms with E-state index in [2.05, 4.69) is 64.2 Å². The van der Waals surface area contributed by atoms with E-state index in [9.17, 15) is 4.79 Å². The number of nitrogens with zero attached hydrogens (tertiary/aromatic N) is 1. The van der Waals surface area contributed by atoms with Crippen LogP contribution in [0.4, 0.5) is 0 Å². The number of carbonyl (C=O) groups excluding carboxylic acids is 1. The van der Waals surface area contributed by atoms with Gasteiger partial charge in [0, 0.05) is 48.8 Å². The summed E-state index contributed by atoms with van der Waals surface area (Å²) in [5, 5.41) is 11.0. The van der Waals surface area contributed by atoms with Gasteiger partial charge in [-0.05, 0) is 61.6 Å². The minimum atomic E-state index is -0.0289. The van der Waals surface area contributed by atoms with Gasteiger partial charge in [-0.3, -0.25) is 9.79 Å². The lowest BCUT2D eigenvalue weighted by molar-refractivity contribution is 0.0939. The van der Waals surface area contributed by atoms with E-state index < -0.39 is 0 Å². The summed E-state index contributed by atoms with van der Waals surface area (Å²) in [7, 11) is 1.77.